The number of hydrogen-bond donors (Lipinski definition) is 2. The van der Waals surface area contributed by atoms with Gasteiger partial charge >= 0.3 is 0 Å². The maximum Gasteiger partial charge on any atom is 0.235 e. The van der Waals surface area contributed by atoms with E-state index in [9.17, 15) is 13.2 Å². The van der Waals surface area contributed by atoms with E-state index in [1.165, 1.54) is 6.92 Å². The van der Waals surface area contributed by atoms with E-state index in [0.717, 1.165) is 13.0 Å². The summed E-state index contributed by atoms with van der Waals surface area (Å²) in [4.78, 5) is 11.1. The smallest absolute Gasteiger partial charge is 0.235 e. The van der Waals surface area contributed by atoms with E-state index < -0.39 is 21.5 Å². The summed E-state index contributed by atoms with van der Waals surface area (Å²) in [5.41, 5.74) is 0. The third-order valence-corrected chi connectivity index (χ3v) is 3.42. The van der Waals surface area contributed by atoms with E-state index >= 15 is 0 Å². The summed E-state index contributed by atoms with van der Waals surface area (Å²) in [5.74, 6) is -0.818. The van der Waals surface area contributed by atoms with Gasteiger partial charge in [-0.05, 0) is 13.0 Å². The van der Waals surface area contributed by atoms with E-state index in [2.05, 4.69) is 17.6 Å². The molecule has 0 aliphatic rings. The molecule has 0 fully saturated rings. The topological polar surface area (TPSA) is 75.3 Å². The van der Waals surface area contributed by atoms with Gasteiger partial charge in [-0.25, -0.2) is 8.42 Å². The Labute approximate surface area is 91.5 Å². The number of carbonyl (C=O) groups is 1. The van der Waals surface area contributed by atoms with Crippen molar-refractivity contribution in [1.29, 1.82) is 0 Å². The largest absolute Gasteiger partial charge is 0.354 e. The van der Waals surface area contributed by atoms with E-state index in [0.29, 0.717) is 13.1 Å². The molecule has 0 saturated heterocycles. The summed E-state index contributed by atoms with van der Waals surface area (Å²) in [6, 6.07) is 0. The Kier molecular flexibility index (Phi) is 7.33. The molecule has 0 spiro atoms. The number of amides is 1. The first-order chi connectivity index (χ1) is 7.02. The fourth-order valence-corrected chi connectivity index (χ4v) is 1.65. The van der Waals surface area contributed by atoms with Crippen molar-refractivity contribution in [3.8, 4) is 0 Å². The molecule has 1 amide bonds. The zero-order valence-corrected chi connectivity index (χ0v) is 10.2. The lowest BCUT2D eigenvalue weighted by molar-refractivity contribution is -0.118. The zero-order chi connectivity index (χ0) is 11.7. The van der Waals surface area contributed by atoms with Crippen molar-refractivity contribution in [2.75, 3.05) is 31.1 Å². The molecule has 0 rings (SSSR count). The maximum absolute atomic E-state index is 11.1. The first-order valence-corrected chi connectivity index (χ1v) is 7.01. The lowest BCUT2D eigenvalue weighted by Crippen LogP contribution is -2.36. The van der Waals surface area contributed by atoms with Crippen LogP contribution in [0.25, 0.3) is 0 Å². The van der Waals surface area contributed by atoms with Gasteiger partial charge in [0.2, 0.25) is 5.91 Å². The van der Waals surface area contributed by atoms with E-state index in [4.69, 9.17) is 0 Å². The molecule has 0 aliphatic carbocycles. The molecule has 90 valence electrons. The van der Waals surface area contributed by atoms with Crippen LogP contribution < -0.4 is 10.6 Å². The average Bonchev–Trinajstić information content (AvgIpc) is 2.17. The highest BCUT2D eigenvalue weighted by molar-refractivity contribution is 7.92. The van der Waals surface area contributed by atoms with Crippen molar-refractivity contribution in [2.24, 2.45) is 0 Å². The van der Waals surface area contributed by atoms with Crippen molar-refractivity contribution in [3.63, 3.8) is 0 Å². The van der Waals surface area contributed by atoms with Crippen LogP contribution in [0, 0.1) is 0 Å². The second-order valence-corrected chi connectivity index (χ2v) is 5.63. The van der Waals surface area contributed by atoms with Gasteiger partial charge in [0.1, 0.15) is 5.75 Å². The van der Waals surface area contributed by atoms with Crippen LogP contribution >= 0.6 is 0 Å². The van der Waals surface area contributed by atoms with E-state index in [1.807, 2.05) is 0 Å². The van der Waals surface area contributed by atoms with Gasteiger partial charge in [-0.3, -0.25) is 4.79 Å². The predicted molar refractivity (Wildman–Crippen MR) is 60.5 cm³/mol. The number of hydrogen-bond acceptors (Lipinski definition) is 4. The van der Waals surface area contributed by atoms with E-state index in [1.54, 1.807) is 0 Å². The minimum Gasteiger partial charge on any atom is -0.354 e. The van der Waals surface area contributed by atoms with Crippen LogP contribution in [0.4, 0.5) is 0 Å². The molecular weight excluding hydrogens is 216 g/mol. The van der Waals surface area contributed by atoms with Gasteiger partial charge < -0.3 is 10.6 Å². The average molecular weight is 236 g/mol. The molecular formula is C9H20N2O3S. The summed E-state index contributed by atoms with van der Waals surface area (Å²) in [6.07, 6.45) is 1.04. The minimum absolute atomic E-state index is 0.00844. The summed E-state index contributed by atoms with van der Waals surface area (Å²) in [5, 5.41) is 5.65. The summed E-state index contributed by atoms with van der Waals surface area (Å²) in [6.45, 7) is 5.64. The molecule has 5 nitrogen and oxygen atoms in total. The van der Waals surface area contributed by atoms with Gasteiger partial charge in [0.05, 0.1) is 0 Å². The summed E-state index contributed by atoms with van der Waals surface area (Å²) in [7, 11) is -3.20. The highest BCUT2D eigenvalue weighted by Crippen LogP contribution is 1.87. The van der Waals surface area contributed by atoms with Crippen LogP contribution in [0.2, 0.25) is 0 Å². The van der Waals surface area contributed by atoms with Crippen molar-refractivity contribution in [1.82, 2.24) is 10.6 Å². The fraction of sp³-hybridized carbons (Fsp3) is 0.889. The van der Waals surface area contributed by atoms with Crippen LogP contribution in [-0.4, -0.2) is 45.5 Å². The van der Waals surface area contributed by atoms with Gasteiger partial charge in [0.15, 0.2) is 9.84 Å². The Morgan fingerprint density at radius 2 is 1.80 bits per heavy atom. The molecule has 0 saturated carbocycles. The number of carbonyl (C=O) groups excluding carboxylic acids is 1. The molecule has 0 aromatic heterocycles. The number of rotatable bonds is 8. The van der Waals surface area contributed by atoms with Gasteiger partial charge in [-0.2, -0.15) is 0 Å². The highest BCUT2D eigenvalue weighted by atomic mass is 32.2. The second kappa shape index (κ2) is 7.64. The molecule has 0 atom stereocenters. The normalized spacial score (nSPS) is 11.3. The Morgan fingerprint density at radius 1 is 1.13 bits per heavy atom. The molecule has 0 bridgehead atoms. The predicted octanol–water partition coefficient (Wildman–Crippen LogP) is -0.463. The SMILES string of the molecule is CCCNCCNC(=O)CS(=O)(=O)CC. The standard InChI is InChI=1S/C9H20N2O3S/c1-3-5-10-6-7-11-9(12)8-15(13,14)4-2/h10H,3-8H2,1-2H3,(H,11,12). The van der Waals surface area contributed by atoms with Crippen LogP contribution in [0.5, 0.6) is 0 Å². The monoisotopic (exact) mass is 236 g/mol. The van der Waals surface area contributed by atoms with Crippen LogP contribution in [0.15, 0.2) is 0 Å². The van der Waals surface area contributed by atoms with Crippen molar-refractivity contribution in [3.05, 3.63) is 0 Å². The maximum atomic E-state index is 11.1. The van der Waals surface area contributed by atoms with Crippen molar-refractivity contribution < 1.29 is 13.2 Å². The lowest BCUT2D eigenvalue weighted by Gasteiger charge is -2.05. The second-order valence-electron chi connectivity index (χ2n) is 3.28. The quantitative estimate of drug-likeness (QED) is 0.559. The summed E-state index contributed by atoms with van der Waals surface area (Å²) < 4.78 is 22.1. The van der Waals surface area contributed by atoms with Crippen LogP contribution in [0.3, 0.4) is 0 Å². The van der Waals surface area contributed by atoms with Crippen LogP contribution in [-0.2, 0) is 14.6 Å². The first kappa shape index (κ1) is 14.4. The Morgan fingerprint density at radius 3 is 2.33 bits per heavy atom. The Hall–Kier alpha value is -0.620. The molecule has 0 aliphatic heterocycles. The highest BCUT2D eigenvalue weighted by Gasteiger charge is 2.13. The number of nitrogens with one attached hydrogen (secondary N) is 2. The van der Waals surface area contributed by atoms with Gasteiger partial charge in [0, 0.05) is 18.8 Å². The summed E-state index contributed by atoms with van der Waals surface area (Å²) >= 11 is 0. The molecule has 0 radical (unpaired) electrons. The minimum atomic E-state index is -3.20. The molecule has 2 N–H and O–H groups in total. The molecule has 0 heterocycles. The third kappa shape index (κ3) is 8.38. The van der Waals surface area contributed by atoms with Gasteiger partial charge in [-0.15, -0.1) is 0 Å². The molecule has 15 heavy (non-hydrogen) atoms. The molecule has 6 heteroatoms. The lowest BCUT2D eigenvalue weighted by atomic mass is 10.4. The van der Waals surface area contributed by atoms with Crippen molar-refractivity contribution in [2.45, 2.75) is 20.3 Å². The number of sulfone groups is 1. The van der Waals surface area contributed by atoms with Crippen LogP contribution in [0.1, 0.15) is 20.3 Å². The molecule has 0 aromatic carbocycles. The molecule has 0 unspecified atom stereocenters. The Balaban J connectivity index is 3.59. The Bertz CT molecular complexity index is 275. The fourth-order valence-electron chi connectivity index (χ4n) is 0.945. The van der Waals surface area contributed by atoms with Gasteiger partial charge in [0.25, 0.3) is 0 Å². The third-order valence-electron chi connectivity index (χ3n) is 1.84. The van der Waals surface area contributed by atoms with Gasteiger partial charge in [-0.1, -0.05) is 13.8 Å². The zero-order valence-electron chi connectivity index (χ0n) is 9.38. The molecule has 0 aromatic rings. The first-order valence-electron chi connectivity index (χ1n) is 5.19. The van der Waals surface area contributed by atoms with Crippen molar-refractivity contribution >= 4 is 15.7 Å². The van der Waals surface area contributed by atoms with E-state index in [-0.39, 0.29) is 5.75 Å².